The number of nitro benzene ring substituents is 1. The van der Waals surface area contributed by atoms with Gasteiger partial charge in [0.05, 0.1) is 10.6 Å². The molecule has 1 aromatic carbocycles. The standard InChI is InChI=1S/C23H19N3O3/c1-15-14-17-4-2-3-5-19(17)23(15)20-12-13-24-22(25-20)11-10-21(27)16-6-8-18(9-7-16)26(28)29/h2-9,12-14,19H,10-11H2,1H3. The van der Waals surface area contributed by atoms with Crippen LogP contribution in [0.4, 0.5) is 5.69 Å². The van der Waals surface area contributed by atoms with Gasteiger partial charge in [0.1, 0.15) is 5.82 Å². The molecular weight excluding hydrogens is 366 g/mol. The Labute approximate surface area is 168 Å². The van der Waals surface area contributed by atoms with Crippen LogP contribution < -0.4 is 0 Å². The molecule has 0 saturated carbocycles. The monoisotopic (exact) mass is 385 g/mol. The van der Waals surface area contributed by atoms with E-state index in [0.29, 0.717) is 17.8 Å². The van der Waals surface area contributed by atoms with E-state index in [0.717, 1.165) is 5.69 Å². The largest absolute Gasteiger partial charge is 0.294 e. The molecule has 0 amide bonds. The van der Waals surface area contributed by atoms with Gasteiger partial charge in [0.15, 0.2) is 5.78 Å². The molecule has 144 valence electrons. The van der Waals surface area contributed by atoms with E-state index >= 15 is 0 Å². The van der Waals surface area contributed by atoms with Crippen molar-refractivity contribution in [2.75, 3.05) is 0 Å². The Balaban J connectivity index is 1.47. The third-order valence-electron chi connectivity index (χ3n) is 5.14. The second kappa shape index (κ2) is 7.75. The fourth-order valence-electron chi connectivity index (χ4n) is 3.70. The summed E-state index contributed by atoms with van der Waals surface area (Å²) in [5.74, 6) is 0.737. The van der Waals surface area contributed by atoms with E-state index < -0.39 is 4.92 Å². The molecule has 0 N–H and O–H groups in total. The Morgan fingerprint density at radius 2 is 1.97 bits per heavy atom. The van der Waals surface area contributed by atoms with Gasteiger partial charge >= 0.3 is 0 Å². The lowest BCUT2D eigenvalue weighted by molar-refractivity contribution is -0.384. The highest BCUT2D eigenvalue weighted by atomic mass is 16.6. The van der Waals surface area contributed by atoms with Crippen molar-refractivity contribution in [1.29, 1.82) is 0 Å². The third-order valence-corrected chi connectivity index (χ3v) is 5.14. The molecule has 4 rings (SSSR count). The van der Waals surface area contributed by atoms with E-state index in [1.807, 2.05) is 18.2 Å². The molecule has 0 saturated heterocycles. The van der Waals surface area contributed by atoms with Crippen LogP contribution in [-0.4, -0.2) is 20.7 Å². The van der Waals surface area contributed by atoms with E-state index in [9.17, 15) is 14.9 Å². The Morgan fingerprint density at radius 1 is 1.17 bits per heavy atom. The summed E-state index contributed by atoms with van der Waals surface area (Å²) in [4.78, 5) is 31.7. The first-order valence-corrected chi connectivity index (χ1v) is 9.40. The zero-order valence-electron chi connectivity index (χ0n) is 15.9. The molecule has 0 aliphatic heterocycles. The highest BCUT2D eigenvalue weighted by molar-refractivity contribution is 5.96. The fourth-order valence-corrected chi connectivity index (χ4v) is 3.70. The number of Topliss-reactive ketones (excluding diaryl/α,β-unsaturated/α-hetero) is 1. The number of benzene rings is 1. The van der Waals surface area contributed by atoms with Crippen molar-refractivity contribution in [1.82, 2.24) is 9.97 Å². The minimum atomic E-state index is -0.481. The van der Waals surface area contributed by atoms with Gasteiger partial charge in [-0.25, -0.2) is 9.97 Å². The number of nitrogens with zero attached hydrogens (tertiary/aromatic N) is 3. The summed E-state index contributed by atoms with van der Waals surface area (Å²) >= 11 is 0. The van der Waals surface area contributed by atoms with Gasteiger partial charge in [0.25, 0.3) is 5.69 Å². The molecule has 6 heteroatoms. The minimum Gasteiger partial charge on any atom is -0.294 e. The number of hydrogen-bond donors (Lipinski definition) is 0. The lowest BCUT2D eigenvalue weighted by Crippen LogP contribution is -2.07. The number of rotatable bonds is 6. The van der Waals surface area contributed by atoms with Gasteiger partial charge in [0.2, 0.25) is 0 Å². The summed E-state index contributed by atoms with van der Waals surface area (Å²) in [6.07, 6.45) is 12.9. The van der Waals surface area contributed by atoms with Gasteiger partial charge < -0.3 is 0 Å². The maximum Gasteiger partial charge on any atom is 0.269 e. The van der Waals surface area contributed by atoms with Crippen LogP contribution in [0.5, 0.6) is 0 Å². The number of ketones is 1. The normalized spacial score (nSPS) is 17.3. The van der Waals surface area contributed by atoms with Crippen molar-refractivity contribution in [3.63, 3.8) is 0 Å². The van der Waals surface area contributed by atoms with E-state index in [4.69, 9.17) is 4.98 Å². The van der Waals surface area contributed by atoms with Gasteiger partial charge in [-0.2, -0.15) is 0 Å². The summed E-state index contributed by atoms with van der Waals surface area (Å²) in [6.45, 7) is 2.09. The van der Waals surface area contributed by atoms with Gasteiger partial charge in [-0.05, 0) is 41.8 Å². The van der Waals surface area contributed by atoms with Crippen LogP contribution >= 0.6 is 0 Å². The zero-order chi connectivity index (χ0) is 20.4. The Bertz CT molecular complexity index is 1110. The second-order valence-corrected chi connectivity index (χ2v) is 7.05. The summed E-state index contributed by atoms with van der Waals surface area (Å²) in [5.41, 5.74) is 4.92. The molecular formula is C23H19N3O3. The number of non-ortho nitro benzene ring substituents is 1. The van der Waals surface area contributed by atoms with Crippen LogP contribution in [0.3, 0.4) is 0 Å². The molecule has 0 spiro atoms. The Kier molecular flexibility index (Phi) is 4.99. The number of allylic oxidation sites excluding steroid dienone is 8. The van der Waals surface area contributed by atoms with Gasteiger partial charge in [-0.3, -0.25) is 14.9 Å². The van der Waals surface area contributed by atoms with Crippen LogP contribution in [0.2, 0.25) is 0 Å². The number of hydrogen-bond acceptors (Lipinski definition) is 5. The molecule has 6 nitrogen and oxygen atoms in total. The number of aryl methyl sites for hydroxylation is 1. The van der Waals surface area contributed by atoms with E-state index in [2.05, 4.69) is 30.1 Å². The molecule has 1 heterocycles. The third kappa shape index (κ3) is 3.82. The van der Waals surface area contributed by atoms with Crippen molar-refractivity contribution < 1.29 is 9.72 Å². The quantitative estimate of drug-likeness (QED) is 0.410. The molecule has 1 aromatic heterocycles. The molecule has 0 fully saturated rings. The van der Waals surface area contributed by atoms with Crippen molar-refractivity contribution >= 4 is 17.0 Å². The second-order valence-electron chi connectivity index (χ2n) is 7.05. The maximum absolute atomic E-state index is 12.4. The topological polar surface area (TPSA) is 86.0 Å². The smallest absolute Gasteiger partial charge is 0.269 e. The van der Waals surface area contributed by atoms with Crippen molar-refractivity contribution in [3.05, 3.63) is 105 Å². The number of fused-ring (bicyclic) bond motifs is 1. The number of carbonyl (C=O) groups is 1. The predicted molar refractivity (Wildman–Crippen MR) is 110 cm³/mol. The van der Waals surface area contributed by atoms with Crippen molar-refractivity contribution in [2.45, 2.75) is 19.8 Å². The minimum absolute atomic E-state index is 0.0302. The predicted octanol–water partition coefficient (Wildman–Crippen LogP) is 4.66. The zero-order valence-corrected chi connectivity index (χ0v) is 15.9. The number of carbonyl (C=O) groups excluding carboxylic acids is 1. The first-order chi connectivity index (χ1) is 14.0. The molecule has 0 bridgehead atoms. The maximum atomic E-state index is 12.4. The molecule has 1 atom stereocenters. The average molecular weight is 385 g/mol. The van der Waals surface area contributed by atoms with Crippen LogP contribution in [0.15, 0.2) is 78.1 Å². The highest BCUT2D eigenvalue weighted by Crippen LogP contribution is 2.40. The lowest BCUT2D eigenvalue weighted by atomic mass is 9.89. The first-order valence-electron chi connectivity index (χ1n) is 9.40. The van der Waals surface area contributed by atoms with Gasteiger partial charge in [0, 0.05) is 42.7 Å². The Hall–Kier alpha value is -3.67. The molecule has 0 radical (unpaired) electrons. The molecule has 1 unspecified atom stereocenters. The summed E-state index contributed by atoms with van der Waals surface area (Å²) in [5, 5.41) is 10.7. The fraction of sp³-hybridized carbons (Fsp3) is 0.174. The SMILES string of the molecule is CC1=C(c2ccnc(CCC(=O)c3ccc([N+](=O)[O-])cc3)n2)C2C=CC=CC2=C1. The molecule has 2 aliphatic rings. The van der Waals surface area contributed by atoms with Crippen LogP contribution in [0.25, 0.3) is 5.57 Å². The van der Waals surface area contributed by atoms with Gasteiger partial charge in [-0.1, -0.05) is 30.4 Å². The van der Waals surface area contributed by atoms with E-state index in [1.165, 1.54) is 41.0 Å². The average Bonchev–Trinajstić information content (AvgIpc) is 3.08. The van der Waals surface area contributed by atoms with Crippen molar-refractivity contribution in [2.24, 2.45) is 5.92 Å². The van der Waals surface area contributed by atoms with E-state index in [-0.39, 0.29) is 23.8 Å². The highest BCUT2D eigenvalue weighted by Gasteiger charge is 2.26. The summed E-state index contributed by atoms with van der Waals surface area (Å²) in [7, 11) is 0. The van der Waals surface area contributed by atoms with Crippen LogP contribution in [0.1, 0.15) is 35.2 Å². The summed E-state index contributed by atoms with van der Waals surface area (Å²) < 4.78 is 0. The molecule has 2 aliphatic carbocycles. The first kappa shape index (κ1) is 18.7. The Morgan fingerprint density at radius 3 is 2.72 bits per heavy atom. The number of aromatic nitrogens is 2. The van der Waals surface area contributed by atoms with E-state index in [1.54, 1.807) is 6.20 Å². The van der Waals surface area contributed by atoms with Gasteiger partial charge in [-0.15, -0.1) is 0 Å². The molecule has 2 aromatic rings. The lowest BCUT2D eigenvalue weighted by Gasteiger charge is -2.16. The summed E-state index contributed by atoms with van der Waals surface area (Å²) in [6, 6.07) is 7.57. The molecule has 29 heavy (non-hydrogen) atoms. The van der Waals surface area contributed by atoms with Crippen LogP contribution in [0, 0.1) is 16.0 Å². The van der Waals surface area contributed by atoms with Crippen LogP contribution in [-0.2, 0) is 6.42 Å². The van der Waals surface area contributed by atoms with Crippen molar-refractivity contribution in [3.8, 4) is 0 Å². The number of nitro groups is 1.